The fourth-order valence-electron chi connectivity index (χ4n) is 2.89. The third kappa shape index (κ3) is 4.04. The fourth-order valence-corrected chi connectivity index (χ4v) is 2.89. The minimum absolute atomic E-state index is 0.0836. The van der Waals surface area contributed by atoms with Crippen LogP contribution < -0.4 is 10.2 Å². The van der Waals surface area contributed by atoms with Crippen LogP contribution in [0.5, 0.6) is 0 Å². The predicted octanol–water partition coefficient (Wildman–Crippen LogP) is 1.50. The van der Waals surface area contributed by atoms with E-state index in [0.717, 1.165) is 42.2 Å². The lowest BCUT2D eigenvalue weighted by Crippen LogP contribution is -2.36. The number of nitrogens with one attached hydrogen (secondary N) is 1. The second-order valence-electron chi connectivity index (χ2n) is 6.38. The average Bonchev–Trinajstić information content (AvgIpc) is 2.61. The van der Waals surface area contributed by atoms with Crippen molar-refractivity contribution in [1.82, 2.24) is 19.9 Å². The Labute approximate surface area is 148 Å². The lowest BCUT2D eigenvalue weighted by atomic mass is 10.1. The van der Waals surface area contributed by atoms with Crippen LogP contribution in [0.15, 0.2) is 24.4 Å². The highest BCUT2D eigenvalue weighted by molar-refractivity contribution is 5.73. The van der Waals surface area contributed by atoms with Gasteiger partial charge in [0.1, 0.15) is 5.82 Å². The summed E-state index contributed by atoms with van der Waals surface area (Å²) in [5, 5.41) is 3.44. The van der Waals surface area contributed by atoms with Crippen molar-refractivity contribution in [2.24, 2.45) is 0 Å². The minimum atomic E-state index is 0.0836. The molecule has 0 saturated heterocycles. The lowest BCUT2D eigenvalue weighted by molar-refractivity contribution is -0.129. The first-order valence-corrected chi connectivity index (χ1v) is 8.51. The van der Waals surface area contributed by atoms with Gasteiger partial charge in [0.25, 0.3) is 0 Å². The Hall–Kier alpha value is -2.70. The van der Waals surface area contributed by atoms with Gasteiger partial charge in [-0.05, 0) is 18.6 Å². The topological polar surface area (TPSA) is 74.2 Å². The molecule has 0 spiro atoms. The van der Waals surface area contributed by atoms with Gasteiger partial charge in [-0.15, -0.1) is 0 Å². The average molecular weight is 340 g/mol. The van der Waals surface area contributed by atoms with Crippen LogP contribution in [-0.4, -0.2) is 52.9 Å². The van der Waals surface area contributed by atoms with E-state index in [2.05, 4.69) is 20.3 Å². The van der Waals surface area contributed by atoms with Crippen LogP contribution in [0.4, 0.5) is 11.8 Å². The number of pyridine rings is 1. The van der Waals surface area contributed by atoms with Crippen molar-refractivity contribution >= 4 is 17.7 Å². The quantitative estimate of drug-likeness (QED) is 0.889. The number of carbonyl (C=O) groups excluding carboxylic acids is 1. The normalized spacial score (nSPS) is 13.3. The molecule has 7 nitrogen and oxygen atoms in total. The first-order chi connectivity index (χ1) is 12.0. The van der Waals surface area contributed by atoms with Crippen molar-refractivity contribution in [1.29, 1.82) is 0 Å². The number of fused-ring (bicyclic) bond motifs is 1. The molecule has 1 amide bonds. The van der Waals surface area contributed by atoms with E-state index in [1.807, 2.05) is 48.3 Å². The molecular weight excluding hydrogens is 316 g/mol. The molecule has 0 fully saturated rings. The highest BCUT2D eigenvalue weighted by Gasteiger charge is 2.24. The van der Waals surface area contributed by atoms with Crippen molar-refractivity contribution in [3.05, 3.63) is 41.3 Å². The molecule has 3 heterocycles. The predicted molar refractivity (Wildman–Crippen MR) is 97.6 cm³/mol. The van der Waals surface area contributed by atoms with E-state index in [1.54, 1.807) is 6.92 Å². The van der Waals surface area contributed by atoms with Gasteiger partial charge in [-0.2, -0.15) is 4.98 Å². The van der Waals surface area contributed by atoms with Gasteiger partial charge in [0.2, 0.25) is 11.9 Å². The minimum Gasteiger partial charge on any atom is -0.369 e. The molecule has 0 atom stereocenters. The number of rotatable bonds is 5. The summed E-state index contributed by atoms with van der Waals surface area (Å²) in [5.41, 5.74) is 3.10. The van der Waals surface area contributed by atoms with Crippen LogP contribution in [0.3, 0.4) is 0 Å². The van der Waals surface area contributed by atoms with Gasteiger partial charge in [0.15, 0.2) is 0 Å². The van der Waals surface area contributed by atoms with Crippen LogP contribution in [0.25, 0.3) is 0 Å². The summed E-state index contributed by atoms with van der Waals surface area (Å²) in [6, 6.07) is 5.93. The molecule has 0 radical (unpaired) electrons. The molecule has 0 bridgehead atoms. The van der Waals surface area contributed by atoms with E-state index >= 15 is 0 Å². The van der Waals surface area contributed by atoms with Gasteiger partial charge < -0.3 is 15.1 Å². The highest BCUT2D eigenvalue weighted by Crippen LogP contribution is 2.25. The maximum absolute atomic E-state index is 11.7. The molecule has 1 aliphatic rings. The maximum Gasteiger partial charge on any atom is 0.227 e. The van der Waals surface area contributed by atoms with Gasteiger partial charge in [0.05, 0.1) is 12.2 Å². The molecule has 0 unspecified atom stereocenters. The third-order valence-corrected chi connectivity index (χ3v) is 4.30. The smallest absolute Gasteiger partial charge is 0.227 e. The zero-order valence-electron chi connectivity index (χ0n) is 15.0. The van der Waals surface area contributed by atoms with Gasteiger partial charge in [-0.1, -0.05) is 6.07 Å². The SMILES string of the molecule is CC(=O)N1CCc2c(nc(N(C)C)nc2NCCc2ccccn2)C1. The van der Waals surface area contributed by atoms with Crippen LogP contribution in [0.2, 0.25) is 0 Å². The summed E-state index contributed by atoms with van der Waals surface area (Å²) < 4.78 is 0. The molecule has 132 valence electrons. The lowest BCUT2D eigenvalue weighted by Gasteiger charge is -2.29. The number of anilines is 2. The summed E-state index contributed by atoms with van der Waals surface area (Å²) in [7, 11) is 3.84. The first kappa shape index (κ1) is 17.1. The number of amides is 1. The largest absolute Gasteiger partial charge is 0.369 e. The summed E-state index contributed by atoms with van der Waals surface area (Å²) in [6.07, 6.45) is 3.41. The number of carbonyl (C=O) groups is 1. The molecule has 25 heavy (non-hydrogen) atoms. The summed E-state index contributed by atoms with van der Waals surface area (Å²) in [5.74, 6) is 1.61. The Morgan fingerprint density at radius 1 is 1.32 bits per heavy atom. The highest BCUT2D eigenvalue weighted by atomic mass is 16.2. The van der Waals surface area contributed by atoms with E-state index in [4.69, 9.17) is 0 Å². The van der Waals surface area contributed by atoms with E-state index in [0.29, 0.717) is 19.0 Å². The van der Waals surface area contributed by atoms with Crippen LogP contribution in [-0.2, 0) is 24.2 Å². The molecular formula is C18H24N6O. The zero-order valence-corrected chi connectivity index (χ0v) is 15.0. The number of hydrogen-bond donors (Lipinski definition) is 1. The van der Waals surface area contributed by atoms with E-state index in [-0.39, 0.29) is 5.91 Å². The molecule has 0 aromatic carbocycles. The van der Waals surface area contributed by atoms with Gasteiger partial charge in [-0.25, -0.2) is 4.98 Å². The standard InChI is InChI=1S/C18H24N6O/c1-13(25)24-11-8-15-16(12-24)21-18(23(2)3)22-17(15)20-10-7-14-6-4-5-9-19-14/h4-6,9H,7-8,10-12H2,1-3H3,(H,20,21,22). The monoisotopic (exact) mass is 340 g/mol. The fraction of sp³-hybridized carbons (Fsp3) is 0.444. The van der Waals surface area contributed by atoms with Gasteiger partial charge in [0, 0.05) is 58.0 Å². The third-order valence-electron chi connectivity index (χ3n) is 4.30. The Morgan fingerprint density at radius 3 is 2.84 bits per heavy atom. The number of nitrogens with zero attached hydrogens (tertiary/aromatic N) is 5. The van der Waals surface area contributed by atoms with Gasteiger partial charge in [-0.3, -0.25) is 9.78 Å². The van der Waals surface area contributed by atoms with Crippen molar-refractivity contribution in [3.8, 4) is 0 Å². The number of hydrogen-bond acceptors (Lipinski definition) is 6. The van der Waals surface area contributed by atoms with Gasteiger partial charge >= 0.3 is 0 Å². The Balaban J connectivity index is 1.79. The molecule has 7 heteroatoms. The first-order valence-electron chi connectivity index (χ1n) is 8.51. The van der Waals surface area contributed by atoms with Crippen LogP contribution in [0, 0.1) is 0 Å². The van der Waals surface area contributed by atoms with Crippen molar-refractivity contribution in [2.45, 2.75) is 26.3 Å². The van der Waals surface area contributed by atoms with Crippen LogP contribution in [0.1, 0.15) is 23.9 Å². The summed E-state index contributed by atoms with van der Waals surface area (Å²) in [4.78, 5) is 29.1. The molecule has 2 aromatic heterocycles. The van der Waals surface area contributed by atoms with E-state index in [1.165, 1.54) is 0 Å². The summed E-state index contributed by atoms with van der Waals surface area (Å²) in [6.45, 7) is 3.61. The molecule has 0 aliphatic carbocycles. The van der Waals surface area contributed by atoms with E-state index < -0.39 is 0 Å². The summed E-state index contributed by atoms with van der Waals surface area (Å²) >= 11 is 0. The van der Waals surface area contributed by atoms with E-state index in [9.17, 15) is 4.79 Å². The molecule has 3 rings (SSSR count). The number of aromatic nitrogens is 3. The Bertz CT molecular complexity index is 747. The molecule has 2 aromatic rings. The van der Waals surface area contributed by atoms with Crippen molar-refractivity contribution in [3.63, 3.8) is 0 Å². The molecule has 1 aliphatic heterocycles. The Kier molecular flexibility index (Phi) is 5.11. The van der Waals surface area contributed by atoms with Crippen LogP contribution >= 0.6 is 0 Å². The molecule has 1 N–H and O–H groups in total. The maximum atomic E-state index is 11.7. The zero-order chi connectivity index (χ0) is 17.8. The van der Waals surface area contributed by atoms with Crippen molar-refractivity contribution < 1.29 is 4.79 Å². The Morgan fingerprint density at radius 2 is 2.16 bits per heavy atom. The van der Waals surface area contributed by atoms with Crippen molar-refractivity contribution in [2.75, 3.05) is 37.4 Å². The second-order valence-corrected chi connectivity index (χ2v) is 6.38. The molecule has 0 saturated carbocycles. The second kappa shape index (κ2) is 7.46.